The van der Waals surface area contributed by atoms with Crippen LogP contribution in [0.25, 0.3) is 0 Å². The molecule has 17 heavy (non-hydrogen) atoms. The molecule has 0 aromatic heterocycles. The maximum atomic E-state index is 11.5. The first kappa shape index (κ1) is 12.8. The van der Waals surface area contributed by atoms with Gasteiger partial charge in [0, 0.05) is 33.3 Å². The Bertz CT molecular complexity index is 425. The van der Waals surface area contributed by atoms with E-state index in [1.54, 1.807) is 11.8 Å². The summed E-state index contributed by atoms with van der Waals surface area (Å²) in [5.41, 5.74) is 6.72. The van der Waals surface area contributed by atoms with Crippen LogP contribution in [0.2, 0.25) is 0 Å². The third kappa shape index (κ3) is 3.64. The van der Waals surface area contributed by atoms with Crippen LogP contribution < -0.4 is 11.1 Å². The maximum absolute atomic E-state index is 11.5. The molecule has 1 aromatic carbocycles. The topological polar surface area (TPSA) is 55.1 Å². The molecule has 0 radical (unpaired) electrons. The molecule has 0 saturated carbocycles. The van der Waals surface area contributed by atoms with Crippen molar-refractivity contribution in [1.82, 2.24) is 5.32 Å². The first-order chi connectivity index (χ1) is 8.15. The van der Waals surface area contributed by atoms with Crippen molar-refractivity contribution in [3.8, 4) is 0 Å². The quantitative estimate of drug-likeness (QED) is 0.825. The molecule has 3 N–H and O–H groups in total. The number of benzene rings is 1. The molecule has 0 spiro atoms. The molecule has 1 aliphatic rings. The van der Waals surface area contributed by atoms with Crippen LogP contribution in [0, 0.1) is 0 Å². The van der Waals surface area contributed by atoms with Crippen LogP contribution in [0.4, 0.5) is 5.69 Å². The summed E-state index contributed by atoms with van der Waals surface area (Å²) in [6, 6.07) is 5.84. The number of hydrogen-bond donors (Lipinski definition) is 2. The minimum Gasteiger partial charge on any atom is -0.398 e. The number of carbonyl (C=O) groups excluding carboxylic acids is 1. The van der Waals surface area contributed by atoms with Gasteiger partial charge < -0.3 is 11.1 Å². The minimum absolute atomic E-state index is 0.147. The summed E-state index contributed by atoms with van der Waals surface area (Å²) in [6.07, 6.45) is 2.67. The molecule has 1 atom stereocenters. The van der Waals surface area contributed by atoms with E-state index in [1.807, 2.05) is 18.2 Å². The number of carbonyl (C=O) groups is 1. The fourth-order valence-electron chi connectivity index (χ4n) is 1.83. The number of hydrogen-bond acceptors (Lipinski definition) is 3. The normalized spacial score (nSPS) is 20.8. The van der Waals surface area contributed by atoms with E-state index in [0.717, 1.165) is 34.4 Å². The lowest BCUT2D eigenvalue weighted by Gasteiger charge is -2.14. The zero-order chi connectivity index (χ0) is 12.3. The number of thioether (sulfide) groups is 1. The smallest absolute Gasteiger partial charge is 0.221 e. The molecule has 1 amide bonds. The first-order valence-corrected chi connectivity index (χ1v) is 7.31. The Hall–Kier alpha value is -0.680. The second kappa shape index (κ2) is 5.78. The number of halogens is 1. The highest BCUT2D eigenvalue weighted by Gasteiger charge is 2.19. The molecule has 92 valence electrons. The van der Waals surface area contributed by atoms with Gasteiger partial charge in [0.2, 0.25) is 5.91 Å². The molecule has 1 fully saturated rings. The van der Waals surface area contributed by atoms with Crippen molar-refractivity contribution in [3.63, 3.8) is 0 Å². The highest BCUT2D eigenvalue weighted by molar-refractivity contribution is 9.10. The number of anilines is 1. The van der Waals surface area contributed by atoms with Crippen LogP contribution in [0.15, 0.2) is 27.6 Å². The molecule has 1 heterocycles. The highest BCUT2D eigenvalue weighted by Crippen LogP contribution is 2.34. The fraction of sp³-hybridized carbons (Fsp3) is 0.417. The monoisotopic (exact) mass is 314 g/mol. The molecular formula is C12H15BrN2OS. The van der Waals surface area contributed by atoms with Gasteiger partial charge in [-0.05, 0) is 31.0 Å². The molecule has 1 aromatic rings. The summed E-state index contributed by atoms with van der Waals surface area (Å²) >= 11 is 5.15. The van der Waals surface area contributed by atoms with E-state index >= 15 is 0 Å². The van der Waals surface area contributed by atoms with E-state index in [4.69, 9.17) is 5.73 Å². The van der Waals surface area contributed by atoms with Crippen molar-refractivity contribution in [3.05, 3.63) is 22.7 Å². The van der Waals surface area contributed by atoms with Crippen LogP contribution in [-0.4, -0.2) is 17.7 Å². The zero-order valence-electron chi connectivity index (χ0n) is 9.41. The van der Waals surface area contributed by atoms with Crippen molar-refractivity contribution in [2.75, 3.05) is 12.3 Å². The number of nitrogens with two attached hydrogens (primary N) is 1. The van der Waals surface area contributed by atoms with Gasteiger partial charge in [0.15, 0.2) is 0 Å². The van der Waals surface area contributed by atoms with E-state index in [2.05, 4.69) is 21.2 Å². The van der Waals surface area contributed by atoms with Gasteiger partial charge in [0.1, 0.15) is 0 Å². The van der Waals surface area contributed by atoms with Crippen molar-refractivity contribution in [2.24, 2.45) is 0 Å². The minimum atomic E-state index is 0.147. The van der Waals surface area contributed by atoms with Crippen LogP contribution in [-0.2, 0) is 4.79 Å². The Balaban J connectivity index is 2.08. The highest BCUT2D eigenvalue weighted by atomic mass is 79.9. The molecule has 2 rings (SSSR count). The maximum Gasteiger partial charge on any atom is 0.221 e. The Kier molecular flexibility index (Phi) is 4.34. The van der Waals surface area contributed by atoms with Crippen molar-refractivity contribution in [2.45, 2.75) is 29.4 Å². The van der Waals surface area contributed by atoms with E-state index in [-0.39, 0.29) is 5.91 Å². The average Bonchev–Trinajstić information content (AvgIpc) is 2.48. The van der Waals surface area contributed by atoms with Crippen LogP contribution in [0.1, 0.15) is 19.3 Å². The second-order valence-corrected chi connectivity index (χ2v) is 6.38. The van der Waals surface area contributed by atoms with Gasteiger partial charge in [-0.15, -0.1) is 11.8 Å². The predicted octanol–water partition coefficient (Wildman–Crippen LogP) is 2.79. The fourth-order valence-corrected chi connectivity index (χ4v) is 3.62. The van der Waals surface area contributed by atoms with Gasteiger partial charge in [-0.1, -0.05) is 15.9 Å². The molecule has 5 heteroatoms. The Morgan fingerprint density at radius 3 is 3.12 bits per heavy atom. The lowest BCUT2D eigenvalue weighted by atomic mass is 10.2. The number of rotatable bonds is 2. The van der Waals surface area contributed by atoms with Gasteiger partial charge in [-0.2, -0.15) is 0 Å². The van der Waals surface area contributed by atoms with E-state index in [0.29, 0.717) is 11.7 Å². The lowest BCUT2D eigenvalue weighted by molar-refractivity contribution is -0.120. The average molecular weight is 315 g/mol. The summed E-state index contributed by atoms with van der Waals surface area (Å²) in [6.45, 7) is 0.795. The first-order valence-electron chi connectivity index (χ1n) is 5.63. The molecule has 3 nitrogen and oxygen atoms in total. The SMILES string of the molecule is Nc1ccc(Br)cc1SC1CCCNC(=O)C1. The Morgan fingerprint density at radius 2 is 2.29 bits per heavy atom. The molecule has 0 aliphatic carbocycles. The van der Waals surface area contributed by atoms with Crippen molar-refractivity contribution >= 4 is 39.3 Å². The standard InChI is InChI=1S/C12H15BrN2OS/c13-8-3-4-10(14)11(6-8)17-9-2-1-5-15-12(16)7-9/h3-4,6,9H,1-2,5,7,14H2,(H,15,16). The lowest BCUT2D eigenvalue weighted by Crippen LogP contribution is -2.22. The van der Waals surface area contributed by atoms with Crippen LogP contribution >= 0.6 is 27.7 Å². The van der Waals surface area contributed by atoms with Crippen molar-refractivity contribution in [1.29, 1.82) is 0 Å². The summed E-state index contributed by atoms with van der Waals surface area (Å²) < 4.78 is 1.02. The van der Waals surface area contributed by atoms with E-state index in [9.17, 15) is 4.79 Å². The molecular weight excluding hydrogens is 300 g/mol. The third-order valence-electron chi connectivity index (χ3n) is 2.71. The summed E-state index contributed by atoms with van der Waals surface area (Å²) in [4.78, 5) is 12.5. The Labute approximate surface area is 114 Å². The van der Waals surface area contributed by atoms with Crippen LogP contribution in [0.5, 0.6) is 0 Å². The van der Waals surface area contributed by atoms with Gasteiger partial charge >= 0.3 is 0 Å². The molecule has 0 bridgehead atoms. The summed E-state index contributed by atoms with van der Waals surface area (Å²) in [7, 11) is 0. The second-order valence-electron chi connectivity index (χ2n) is 4.12. The van der Waals surface area contributed by atoms with Gasteiger partial charge in [0.25, 0.3) is 0 Å². The number of nitrogens with one attached hydrogen (secondary N) is 1. The summed E-state index contributed by atoms with van der Waals surface area (Å²) in [5.74, 6) is 0.147. The van der Waals surface area contributed by atoms with Crippen LogP contribution in [0.3, 0.4) is 0 Å². The third-order valence-corrected chi connectivity index (χ3v) is 4.54. The largest absolute Gasteiger partial charge is 0.398 e. The zero-order valence-corrected chi connectivity index (χ0v) is 11.8. The van der Waals surface area contributed by atoms with Gasteiger partial charge in [-0.3, -0.25) is 4.79 Å². The predicted molar refractivity (Wildman–Crippen MR) is 75.1 cm³/mol. The van der Waals surface area contributed by atoms with E-state index in [1.165, 1.54) is 0 Å². The summed E-state index contributed by atoms with van der Waals surface area (Å²) in [5, 5.41) is 3.22. The number of amides is 1. The van der Waals surface area contributed by atoms with Gasteiger partial charge in [-0.25, -0.2) is 0 Å². The molecule has 1 unspecified atom stereocenters. The Morgan fingerprint density at radius 1 is 1.47 bits per heavy atom. The molecule has 1 aliphatic heterocycles. The van der Waals surface area contributed by atoms with Gasteiger partial charge in [0.05, 0.1) is 0 Å². The molecule has 1 saturated heterocycles. The van der Waals surface area contributed by atoms with E-state index < -0.39 is 0 Å². The number of nitrogen functional groups attached to an aromatic ring is 1. The van der Waals surface area contributed by atoms with Crippen molar-refractivity contribution < 1.29 is 4.79 Å².